The minimum absolute atomic E-state index is 0.119. The van der Waals surface area contributed by atoms with Gasteiger partial charge in [0, 0.05) is 12.1 Å². The molecule has 2 aromatic carbocycles. The van der Waals surface area contributed by atoms with Crippen LogP contribution in [-0.4, -0.2) is 11.8 Å². The minimum Gasteiger partial charge on any atom is -0.366 e. The molecule has 0 unspecified atom stereocenters. The monoisotopic (exact) mass is 350 g/mol. The molecule has 0 spiro atoms. The van der Waals surface area contributed by atoms with Crippen LogP contribution in [0.25, 0.3) is 0 Å². The Morgan fingerprint density at radius 3 is 2.62 bits per heavy atom. The summed E-state index contributed by atoms with van der Waals surface area (Å²) in [6.07, 6.45) is 0. The molecule has 0 saturated heterocycles. The van der Waals surface area contributed by atoms with Crippen LogP contribution in [0, 0.1) is 5.82 Å². The molecule has 0 fully saturated rings. The van der Waals surface area contributed by atoms with Gasteiger partial charge in [-0.3, -0.25) is 9.59 Å². The van der Waals surface area contributed by atoms with E-state index in [1.54, 1.807) is 24.3 Å². The van der Waals surface area contributed by atoms with Crippen LogP contribution in [0.4, 0.5) is 4.39 Å². The number of benzene rings is 2. The number of carbonyl (C=O) groups is 2. The number of hydrogen-bond acceptors (Lipinski definition) is 2. The first-order valence-corrected chi connectivity index (χ1v) is 6.89. The highest BCUT2D eigenvalue weighted by Crippen LogP contribution is 2.20. The lowest BCUT2D eigenvalue weighted by molar-refractivity contribution is 0.0949. The van der Waals surface area contributed by atoms with Crippen molar-refractivity contribution in [2.75, 3.05) is 0 Å². The van der Waals surface area contributed by atoms with Crippen molar-refractivity contribution >= 4 is 27.7 Å². The fraction of sp³-hybridized carbons (Fsp3) is 0.0667. The quantitative estimate of drug-likeness (QED) is 0.889. The molecule has 0 aliphatic carbocycles. The molecule has 21 heavy (non-hydrogen) atoms. The van der Waals surface area contributed by atoms with E-state index in [9.17, 15) is 14.0 Å². The van der Waals surface area contributed by atoms with Gasteiger partial charge in [0.2, 0.25) is 5.91 Å². The van der Waals surface area contributed by atoms with Gasteiger partial charge in [0.25, 0.3) is 5.91 Å². The molecule has 0 radical (unpaired) electrons. The molecule has 0 aromatic heterocycles. The average Bonchev–Trinajstić information content (AvgIpc) is 2.48. The molecule has 0 aliphatic heterocycles. The van der Waals surface area contributed by atoms with Gasteiger partial charge in [-0.25, -0.2) is 4.39 Å². The summed E-state index contributed by atoms with van der Waals surface area (Å²) in [5.74, 6) is -1.44. The van der Waals surface area contributed by atoms with E-state index in [1.807, 2.05) is 0 Å². The Bertz CT molecular complexity index is 704. The summed E-state index contributed by atoms with van der Waals surface area (Å²) < 4.78 is 13.5. The van der Waals surface area contributed by atoms with E-state index in [2.05, 4.69) is 21.2 Å². The maximum absolute atomic E-state index is 13.4. The van der Waals surface area contributed by atoms with Gasteiger partial charge < -0.3 is 11.1 Å². The fourth-order valence-corrected chi connectivity index (χ4v) is 2.24. The summed E-state index contributed by atoms with van der Waals surface area (Å²) >= 11 is 3.04. The maximum Gasteiger partial charge on any atom is 0.252 e. The Morgan fingerprint density at radius 2 is 1.90 bits per heavy atom. The van der Waals surface area contributed by atoms with Crippen LogP contribution in [0.1, 0.15) is 26.3 Å². The van der Waals surface area contributed by atoms with E-state index in [0.29, 0.717) is 5.56 Å². The minimum atomic E-state index is -0.531. The van der Waals surface area contributed by atoms with Gasteiger partial charge in [-0.15, -0.1) is 0 Å². The highest BCUT2D eigenvalue weighted by molar-refractivity contribution is 9.10. The number of hydrogen-bond donors (Lipinski definition) is 2. The predicted molar refractivity (Wildman–Crippen MR) is 80.2 cm³/mol. The lowest BCUT2D eigenvalue weighted by atomic mass is 10.1. The summed E-state index contributed by atoms with van der Waals surface area (Å²) in [7, 11) is 0. The van der Waals surface area contributed by atoms with E-state index < -0.39 is 17.6 Å². The second-order valence-electron chi connectivity index (χ2n) is 4.35. The molecule has 0 bridgehead atoms. The van der Waals surface area contributed by atoms with Crippen molar-refractivity contribution in [1.29, 1.82) is 0 Å². The Morgan fingerprint density at radius 1 is 1.19 bits per heavy atom. The van der Waals surface area contributed by atoms with Crippen LogP contribution < -0.4 is 11.1 Å². The first-order chi connectivity index (χ1) is 9.99. The Kier molecular flexibility index (Phi) is 4.70. The van der Waals surface area contributed by atoms with Gasteiger partial charge in [-0.2, -0.15) is 0 Å². The van der Waals surface area contributed by atoms with Gasteiger partial charge in [0.05, 0.1) is 10.0 Å². The number of nitrogens with two attached hydrogens (primary N) is 1. The number of primary amides is 1. The highest BCUT2D eigenvalue weighted by atomic mass is 79.9. The second-order valence-corrected chi connectivity index (χ2v) is 5.14. The molecule has 0 heterocycles. The molecule has 2 aromatic rings. The topological polar surface area (TPSA) is 72.2 Å². The molecule has 6 heteroatoms. The first-order valence-electron chi connectivity index (χ1n) is 6.10. The summed E-state index contributed by atoms with van der Waals surface area (Å²) in [6, 6.07) is 10.9. The molecular weight excluding hydrogens is 339 g/mol. The van der Waals surface area contributed by atoms with Crippen LogP contribution in [0.15, 0.2) is 46.9 Å². The fourth-order valence-electron chi connectivity index (χ4n) is 1.79. The number of rotatable bonds is 4. The molecule has 0 saturated carbocycles. The normalized spacial score (nSPS) is 10.2. The van der Waals surface area contributed by atoms with Gasteiger partial charge in [0.1, 0.15) is 5.82 Å². The summed E-state index contributed by atoms with van der Waals surface area (Å²) in [6.45, 7) is 0.211. The van der Waals surface area contributed by atoms with Crippen LogP contribution in [0.3, 0.4) is 0 Å². The Hall–Kier alpha value is -2.21. The third-order valence-corrected chi connectivity index (χ3v) is 3.67. The van der Waals surface area contributed by atoms with Gasteiger partial charge in [-0.1, -0.05) is 18.2 Å². The zero-order valence-corrected chi connectivity index (χ0v) is 12.5. The van der Waals surface area contributed by atoms with Crippen molar-refractivity contribution in [3.05, 3.63) is 69.4 Å². The van der Waals surface area contributed by atoms with Crippen molar-refractivity contribution in [1.82, 2.24) is 5.32 Å². The van der Waals surface area contributed by atoms with Gasteiger partial charge in [-0.05, 0) is 45.8 Å². The molecule has 4 nitrogen and oxygen atoms in total. The number of nitrogens with one attached hydrogen (secondary N) is 1. The SMILES string of the molecule is NC(=O)c1cccc(CNC(=O)c2cccc(F)c2Br)c1. The van der Waals surface area contributed by atoms with E-state index in [-0.39, 0.29) is 16.6 Å². The standard InChI is InChI=1S/C15H12BrFN2O2/c16-13-11(5-2-6-12(13)17)15(21)19-8-9-3-1-4-10(7-9)14(18)20/h1-7H,8H2,(H2,18,20)(H,19,21). The van der Waals surface area contributed by atoms with Crippen LogP contribution in [0.5, 0.6) is 0 Å². The van der Waals surface area contributed by atoms with Crippen LogP contribution in [0.2, 0.25) is 0 Å². The number of amides is 2. The predicted octanol–water partition coefficient (Wildman–Crippen LogP) is 2.62. The highest BCUT2D eigenvalue weighted by Gasteiger charge is 2.12. The Labute approximate surface area is 129 Å². The van der Waals surface area contributed by atoms with Gasteiger partial charge in [0.15, 0.2) is 0 Å². The molecular formula is C15H12BrFN2O2. The maximum atomic E-state index is 13.4. The van der Waals surface area contributed by atoms with E-state index in [1.165, 1.54) is 18.2 Å². The summed E-state index contributed by atoms with van der Waals surface area (Å²) in [5.41, 5.74) is 6.50. The Balaban J connectivity index is 2.09. The summed E-state index contributed by atoms with van der Waals surface area (Å²) in [5, 5.41) is 2.66. The van der Waals surface area contributed by atoms with Crippen molar-refractivity contribution in [3.63, 3.8) is 0 Å². The molecule has 2 rings (SSSR count). The third kappa shape index (κ3) is 3.66. The van der Waals surface area contributed by atoms with Crippen molar-refractivity contribution in [2.24, 2.45) is 5.73 Å². The molecule has 2 amide bonds. The van der Waals surface area contributed by atoms with Crippen LogP contribution in [-0.2, 0) is 6.54 Å². The van der Waals surface area contributed by atoms with E-state index >= 15 is 0 Å². The van der Waals surface area contributed by atoms with E-state index in [0.717, 1.165) is 5.56 Å². The zero-order valence-electron chi connectivity index (χ0n) is 10.9. The van der Waals surface area contributed by atoms with Crippen LogP contribution >= 0.6 is 15.9 Å². The van der Waals surface area contributed by atoms with Crippen molar-refractivity contribution in [2.45, 2.75) is 6.54 Å². The van der Waals surface area contributed by atoms with Crippen molar-refractivity contribution < 1.29 is 14.0 Å². The number of carbonyl (C=O) groups excluding carboxylic acids is 2. The summed E-state index contributed by atoms with van der Waals surface area (Å²) in [4.78, 5) is 23.1. The third-order valence-electron chi connectivity index (χ3n) is 2.86. The van der Waals surface area contributed by atoms with Crippen molar-refractivity contribution in [3.8, 4) is 0 Å². The largest absolute Gasteiger partial charge is 0.366 e. The molecule has 0 atom stereocenters. The van der Waals surface area contributed by atoms with E-state index in [4.69, 9.17) is 5.73 Å². The second kappa shape index (κ2) is 6.49. The lowest BCUT2D eigenvalue weighted by Gasteiger charge is -2.08. The number of halogens is 2. The average molecular weight is 351 g/mol. The smallest absolute Gasteiger partial charge is 0.252 e. The first kappa shape index (κ1) is 15.2. The molecule has 0 aliphatic rings. The van der Waals surface area contributed by atoms with Gasteiger partial charge >= 0.3 is 0 Å². The zero-order chi connectivity index (χ0) is 15.4. The molecule has 108 valence electrons. The lowest BCUT2D eigenvalue weighted by Crippen LogP contribution is -2.23. The molecule has 3 N–H and O–H groups in total.